The molecular formula is C17H24N6O2. The molecule has 25 heavy (non-hydrogen) atoms. The van der Waals surface area contributed by atoms with Crippen LogP contribution in [0, 0.1) is 6.92 Å². The number of piperazine rings is 1. The molecule has 0 N–H and O–H groups in total. The molecule has 1 aliphatic rings. The number of anilines is 1. The zero-order valence-electron chi connectivity index (χ0n) is 15.0. The lowest BCUT2D eigenvalue weighted by atomic mass is 10.2. The molecule has 8 heteroatoms. The van der Waals surface area contributed by atoms with Crippen LogP contribution in [0.1, 0.15) is 19.7 Å². The van der Waals surface area contributed by atoms with Crippen LogP contribution in [0.2, 0.25) is 0 Å². The molecule has 8 nitrogen and oxygen atoms in total. The van der Waals surface area contributed by atoms with Gasteiger partial charge in [-0.2, -0.15) is 4.98 Å². The SMILES string of the molecule is CCN(CC)C(=O)N1CCN(c2ccc(-c3noc(C)n3)cn2)CC1. The number of aryl methyl sites for hydroxylation is 1. The summed E-state index contributed by atoms with van der Waals surface area (Å²) in [6.45, 7) is 10.2. The number of amides is 2. The number of aromatic nitrogens is 3. The average molecular weight is 344 g/mol. The lowest BCUT2D eigenvalue weighted by molar-refractivity contribution is 0.154. The summed E-state index contributed by atoms with van der Waals surface area (Å²) in [7, 11) is 0. The van der Waals surface area contributed by atoms with Crippen molar-refractivity contribution in [1.29, 1.82) is 0 Å². The number of carbonyl (C=O) groups is 1. The van der Waals surface area contributed by atoms with Gasteiger partial charge in [0, 0.05) is 58.0 Å². The van der Waals surface area contributed by atoms with Crippen LogP contribution in [0.25, 0.3) is 11.4 Å². The predicted octanol–water partition coefficient (Wildman–Crippen LogP) is 2.02. The zero-order chi connectivity index (χ0) is 17.8. The Hall–Kier alpha value is -2.64. The molecule has 0 bridgehead atoms. The molecule has 0 aromatic carbocycles. The number of nitrogens with zero attached hydrogens (tertiary/aromatic N) is 6. The summed E-state index contributed by atoms with van der Waals surface area (Å²) < 4.78 is 5.00. The molecule has 0 saturated carbocycles. The summed E-state index contributed by atoms with van der Waals surface area (Å²) in [5.41, 5.74) is 0.830. The molecule has 3 rings (SSSR count). The van der Waals surface area contributed by atoms with Gasteiger partial charge in [-0.1, -0.05) is 5.16 Å². The van der Waals surface area contributed by atoms with Crippen molar-refractivity contribution < 1.29 is 9.32 Å². The molecule has 3 heterocycles. The van der Waals surface area contributed by atoms with E-state index in [0.29, 0.717) is 24.8 Å². The van der Waals surface area contributed by atoms with Gasteiger partial charge >= 0.3 is 6.03 Å². The van der Waals surface area contributed by atoms with Gasteiger partial charge in [0.05, 0.1) is 0 Å². The van der Waals surface area contributed by atoms with Crippen molar-refractivity contribution in [2.75, 3.05) is 44.2 Å². The summed E-state index contributed by atoms with van der Waals surface area (Å²) >= 11 is 0. The van der Waals surface area contributed by atoms with Crippen molar-refractivity contribution in [1.82, 2.24) is 24.9 Å². The van der Waals surface area contributed by atoms with Gasteiger partial charge in [-0.3, -0.25) is 0 Å². The highest BCUT2D eigenvalue weighted by molar-refractivity contribution is 5.74. The van der Waals surface area contributed by atoms with Gasteiger partial charge in [0.25, 0.3) is 0 Å². The van der Waals surface area contributed by atoms with Crippen LogP contribution in [-0.2, 0) is 0 Å². The topological polar surface area (TPSA) is 78.6 Å². The van der Waals surface area contributed by atoms with Gasteiger partial charge < -0.3 is 19.2 Å². The van der Waals surface area contributed by atoms with E-state index in [-0.39, 0.29) is 6.03 Å². The van der Waals surface area contributed by atoms with Crippen LogP contribution in [0.3, 0.4) is 0 Å². The summed E-state index contributed by atoms with van der Waals surface area (Å²) in [6, 6.07) is 4.03. The fourth-order valence-corrected chi connectivity index (χ4v) is 2.94. The Morgan fingerprint density at radius 2 is 1.92 bits per heavy atom. The minimum Gasteiger partial charge on any atom is -0.353 e. The van der Waals surface area contributed by atoms with Crippen molar-refractivity contribution in [3.63, 3.8) is 0 Å². The Morgan fingerprint density at radius 1 is 1.20 bits per heavy atom. The Labute approximate surface area is 147 Å². The van der Waals surface area contributed by atoms with Gasteiger partial charge in [-0.15, -0.1) is 0 Å². The minimum atomic E-state index is 0.125. The van der Waals surface area contributed by atoms with E-state index in [0.717, 1.165) is 37.6 Å². The van der Waals surface area contributed by atoms with E-state index >= 15 is 0 Å². The molecule has 0 radical (unpaired) electrons. The van der Waals surface area contributed by atoms with Crippen LogP contribution in [0.5, 0.6) is 0 Å². The van der Waals surface area contributed by atoms with Gasteiger partial charge in [-0.25, -0.2) is 9.78 Å². The number of urea groups is 1. The molecule has 0 atom stereocenters. The second kappa shape index (κ2) is 7.50. The van der Waals surface area contributed by atoms with Crippen molar-refractivity contribution in [3.8, 4) is 11.4 Å². The lowest BCUT2D eigenvalue weighted by Crippen LogP contribution is -2.53. The second-order valence-electron chi connectivity index (χ2n) is 5.97. The van der Waals surface area contributed by atoms with E-state index < -0.39 is 0 Å². The summed E-state index contributed by atoms with van der Waals surface area (Å²) in [5, 5.41) is 3.90. The molecule has 134 valence electrons. The van der Waals surface area contributed by atoms with E-state index in [1.807, 2.05) is 35.8 Å². The Bertz CT molecular complexity index is 702. The van der Waals surface area contributed by atoms with Crippen molar-refractivity contribution >= 4 is 11.8 Å². The highest BCUT2D eigenvalue weighted by Gasteiger charge is 2.24. The van der Waals surface area contributed by atoms with Gasteiger partial charge in [-0.05, 0) is 26.0 Å². The van der Waals surface area contributed by atoms with Gasteiger partial charge in [0.2, 0.25) is 11.7 Å². The first-order valence-electron chi connectivity index (χ1n) is 8.68. The fourth-order valence-electron chi connectivity index (χ4n) is 2.94. The predicted molar refractivity (Wildman–Crippen MR) is 94.4 cm³/mol. The van der Waals surface area contributed by atoms with Crippen LogP contribution < -0.4 is 4.90 Å². The van der Waals surface area contributed by atoms with Crippen molar-refractivity contribution in [2.45, 2.75) is 20.8 Å². The molecule has 1 aliphatic heterocycles. The molecule has 0 unspecified atom stereocenters. The minimum absolute atomic E-state index is 0.125. The molecule has 0 spiro atoms. The highest BCUT2D eigenvalue weighted by atomic mass is 16.5. The largest absolute Gasteiger partial charge is 0.353 e. The lowest BCUT2D eigenvalue weighted by Gasteiger charge is -2.37. The van der Waals surface area contributed by atoms with E-state index in [2.05, 4.69) is 20.0 Å². The maximum absolute atomic E-state index is 12.4. The van der Waals surface area contributed by atoms with Crippen molar-refractivity contribution in [3.05, 3.63) is 24.2 Å². The summed E-state index contributed by atoms with van der Waals surface area (Å²) in [4.78, 5) is 27.1. The third-order valence-electron chi connectivity index (χ3n) is 4.44. The van der Waals surface area contributed by atoms with E-state index in [1.54, 1.807) is 13.1 Å². The Morgan fingerprint density at radius 3 is 2.44 bits per heavy atom. The van der Waals surface area contributed by atoms with Crippen LogP contribution >= 0.6 is 0 Å². The number of hydrogen-bond acceptors (Lipinski definition) is 6. The third-order valence-corrected chi connectivity index (χ3v) is 4.44. The smallest absolute Gasteiger partial charge is 0.320 e. The number of pyridine rings is 1. The average Bonchev–Trinajstić information content (AvgIpc) is 3.09. The van der Waals surface area contributed by atoms with Crippen LogP contribution in [-0.4, -0.2) is 70.2 Å². The molecule has 1 saturated heterocycles. The molecule has 2 aromatic rings. The van der Waals surface area contributed by atoms with Crippen LogP contribution in [0.4, 0.5) is 10.6 Å². The zero-order valence-corrected chi connectivity index (χ0v) is 15.0. The maximum Gasteiger partial charge on any atom is 0.320 e. The third kappa shape index (κ3) is 3.72. The van der Waals surface area contributed by atoms with Crippen LogP contribution in [0.15, 0.2) is 22.9 Å². The van der Waals surface area contributed by atoms with E-state index in [1.165, 1.54) is 0 Å². The Kier molecular flexibility index (Phi) is 5.16. The highest BCUT2D eigenvalue weighted by Crippen LogP contribution is 2.19. The first kappa shape index (κ1) is 17.2. The van der Waals surface area contributed by atoms with Gasteiger partial charge in [0.1, 0.15) is 5.82 Å². The molecule has 2 amide bonds. The van der Waals surface area contributed by atoms with Gasteiger partial charge in [0.15, 0.2) is 0 Å². The first-order chi connectivity index (χ1) is 12.1. The van der Waals surface area contributed by atoms with E-state index in [4.69, 9.17) is 4.52 Å². The number of carbonyl (C=O) groups excluding carboxylic acids is 1. The Balaban J connectivity index is 1.60. The monoisotopic (exact) mass is 344 g/mol. The quantitative estimate of drug-likeness (QED) is 0.844. The maximum atomic E-state index is 12.4. The second-order valence-corrected chi connectivity index (χ2v) is 5.97. The number of rotatable bonds is 4. The summed E-state index contributed by atoms with van der Waals surface area (Å²) in [6.07, 6.45) is 1.76. The number of hydrogen-bond donors (Lipinski definition) is 0. The summed E-state index contributed by atoms with van der Waals surface area (Å²) in [5.74, 6) is 1.98. The molecule has 0 aliphatic carbocycles. The van der Waals surface area contributed by atoms with E-state index in [9.17, 15) is 4.79 Å². The van der Waals surface area contributed by atoms with Crippen molar-refractivity contribution in [2.24, 2.45) is 0 Å². The molecule has 2 aromatic heterocycles. The first-order valence-corrected chi connectivity index (χ1v) is 8.68. The molecular weight excluding hydrogens is 320 g/mol. The fraction of sp³-hybridized carbons (Fsp3) is 0.529. The normalized spacial score (nSPS) is 14.7. The standard InChI is InChI=1S/C17H24N6O2/c1-4-21(5-2)17(24)23-10-8-22(9-11-23)15-7-6-14(12-18-15)16-19-13(3)25-20-16/h6-7,12H,4-5,8-11H2,1-3H3. The molecule has 1 fully saturated rings.